The predicted octanol–water partition coefficient (Wildman–Crippen LogP) is 2.13. The smallest absolute Gasteiger partial charge is 0.226 e. The van der Waals surface area contributed by atoms with Crippen molar-refractivity contribution in [1.29, 1.82) is 0 Å². The molecule has 2 heterocycles. The topological polar surface area (TPSA) is 41.4 Å². The summed E-state index contributed by atoms with van der Waals surface area (Å²) in [6, 6.07) is 0.193. The normalized spacial score (nSPS) is 23.5. The molecular weight excluding hydrogens is 276 g/mol. The summed E-state index contributed by atoms with van der Waals surface area (Å²) in [7, 11) is 4.13. The number of nitrogens with zero attached hydrogens (tertiary/aromatic N) is 4. The Morgan fingerprint density at radius 1 is 1.32 bits per heavy atom. The van der Waals surface area contributed by atoms with Crippen molar-refractivity contribution in [2.45, 2.75) is 38.1 Å². The Bertz CT molecular complexity index is 563. The van der Waals surface area contributed by atoms with E-state index in [0.29, 0.717) is 6.42 Å². The van der Waals surface area contributed by atoms with Gasteiger partial charge in [0.1, 0.15) is 5.82 Å². The first-order chi connectivity index (χ1) is 10.6. The summed E-state index contributed by atoms with van der Waals surface area (Å²) in [4.78, 5) is 21.4. The molecule has 1 amide bonds. The molecule has 5 nitrogen and oxygen atoms in total. The molecule has 0 N–H and O–H groups in total. The number of hydrogen-bond acceptors (Lipinski definition) is 3. The summed E-state index contributed by atoms with van der Waals surface area (Å²) in [6.45, 7) is 2.47. The van der Waals surface area contributed by atoms with E-state index in [2.05, 4.69) is 27.6 Å². The van der Waals surface area contributed by atoms with Crippen molar-refractivity contribution in [2.24, 2.45) is 7.05 Å². The number of aromatic nitrogens is 2. The Morgan fingerprint density at radius 2 is 2.18 bits per heavy atom. The van der Waals surface area contributed by atoms with Crippen LogP contribution in [0.4, 0.5) is 0 Å². The first kappa shape index (κ1) is 15.3. The number of likely N-dealkylation sites (N-methyl/N-ethyl adjacent to an activating group) is 1. The lowest BCUT2D eigenvalue weighted by molar-refractivity contribution is -0.133. The maximum Gasteiger partial charge on any atom is 0.226 e. The number of amides is 1. The Morgan fingerprint density at radius 3 is 2.86 bits per heavy atom. The summed E-state index contributed by atoms with van der Waals surface area (Å²) in [5, 5.41) is 0. The van der Waals surface area contributed by atoms with Crippen LogP contribution in [0, 0.1) is 0 Å². The van der Waals surface area contributed by atoms with Gasteiger partial charge in [-0.15, -0.1) is 0 Å². The number of carbonyl (C=O) groups excluding carboxylic acids is 1. The van der Waals surface area contributed by atoms with Crippen molar-refractivity contribution in [3.8, 4) is 0 Å². The highest BCUT2D eigenvalue weighted by Crippen LogP contribution is 2.25. The fraction of sp³-hybridized carbons (Fsp3) is 0.647. The number of imidazole rings is 1. The van der Waals surface area contributed by atoms with Gasteiger partial charge in [0.15, 0.2) is 0 Å². The molecule has 0 radical (unpaired) electrons. The van der Waals surface area contributed by atoms with Gasteiger partial charge in [-0.05, 0) is 32.7 Å². The maximum atomic E-state index is 12.6. The SMILES string of the molecule is CN1CCN(C(=O)CC2=CCCCC2)C[C@H]1c1nccn1C. The minimum absolute atomic E-state index is 0.193. The fourth-order valence-corrected chi connectivity index (χ4v) is 3.45. The highest BCUT2D eigenvalue weighted by Gasteiger charge is 2.30. The van der Waals surface area contributed by atoms with Crippen molar-refractivity contribution in [2.75, 3.05) is 26.7 Å². The van der Waals surface area contributed by atoms with Gasteiger partial charge >= 0.3 is 0 Å². The molecule has 120 valence electrons. The second kappa shape index (κ2) is 6.65. The summed E-state index contributed by atoms with van der Waals surface area (Å²) in [5.74, 6) is 1.32. The molecule has 1 aromatic heterocycles. The Labute approximate surface area is 132 Å². The monoisotopic (exact) mass is 302 g/mol. The van der Waals surface area contributed by atoms with Crippen molar-refractivity contribution in [3.05, 3.63) is 29.9 Å². The van der Waals surface area contributed by atoms with Crippen LogP contribution in [0.1, 0.15) is 44.0 Å². The van der Waals surface area contributed by atoms with Gasteiger partial charge in [-0.3, -0.25) is 9.69 Å². The molecule has 1 aliphatic carbocycles. The van der Waals surface area contributed by atoms with Crippen LogP contribution in [-0.2, 0) is 11.8 Å². The molecule has 0 spiro atoms. The molecule has 0 unspecified atom stereocenters. The van der Waals surface area contributed by atoms with Crippen molar-refractivity contribution in [1.82, 2.24) is 19.4 Å². The number of hydrogen-bond donors (Lipinski definition) is 0. The third-order valence-corrected chi connectivity index (χ3v) is 4.92. The average molecular weight is 302 g/mol. The zero-order valence-electron chi connectivity index (χ0n) is 13.7. The minimum Gasteiger partial charge on any atom is -0.339 e. The number of aryl methyl sites for hydroxylation is 1. The molecule has 1 saturated heterocycles. The van der Waals surface area contributed by atoms with Gasteiger partial charge in [0.2, 0.25) is 5.91 Å². The maximum absolute atomic E-state index is 12.6. The predicted molar refractivity (Wildman–Crippen MR) is 86.3 cm³/mol. The van der Waals surface area contributed by atoms with E-state index in [1.54, 1.807) is 0 Å². The van der Waals surface area contributed by atoms with E-state index in [1.807, 2.05) is 24.3 Å². The molecule has 2 aliphatic rings. The Hall–Kier alpha value is -1.62. The van der Waals surface area contributed by atoms with E-state index >= 15 is 0 Å². The second-order valence-electron chi connectivity index (χ2n) is 6.52. The third kappa shape index (κ3) is 3.24. The standard InChI is InChI=1S/C17H26N4O/c1-19-10-11-21(13-15(19)17-18-8-9-20(17)2)16(22)12-14-6-4-3-5-7-14/h6,8-9,15H,3-5,7,10-13H2,1-2H3/t15-/m0/s1. The van der Waals surface area contributed by atoms with Crippen molar-refractivity contribution < 1.29 is 4.79 Å². The molecular formula is C17H26N4O. The molecule has 0 bridgehead atoms. The molecule has 1 aromatic rings. The van der Waals surface area contributed by atoms with Crippen LogP contribution in [0.15, 0.2) is 24.0 Å². The van der Waals surface area contributed by atoms with Gasteiger partial charge in [0, 0.05) is 45.5 Å². The van der Waals surface area contributed by atoms with Gasteiger partial charge in [-0.1, -0.05) is 11.6 Å². The molecule has 22 heavy (non-hydrogen) atoms. The van der Waals surface area contributed by atoms with Crippen LogP contribution in [0.5, 0.6) is 0 Å². The molecule has 3 rings (SSSR count). The van der Waals surface area contributed by atoms with Crippen LogP contribution < -0.4 is 0 Å². The number of allylic oxidation sites excluding steroid dienone is 1. The first-order valence-corrected chi connectivity index (χ1v) is 8.28. The van der Waals surface area contributed by atoms with E-state index in [4.69, 9.17) is 0 Å². The summed E-state index contributed by atoms with van der Waals surface area (Å²) >= 11 is 0. The van der Waals surface area contributed by atoms with Crippen LogP contribution in [-0.4, -0.2) is 51.9 Å². The van der Waals surface area contributed by atoms with E-state index in [1.165, 1.54) is 18.4 Å². The van der Waals surface area contributed by atoms with Gasteiger partial charge < -0.3 is 9.47 Å². The van der Waals surface area contributed by atoms with Crippen molar-refractivity contribution in [3.63, 3.8) is 0 Å². The van der Waals surface area contributed by atoms with Crippen LogP contribution in [0.2, 0.25) is 0 Å². The number of piperazine rings is 1. The molecule has 0 saturated carbocycles. The molecule has 1 fully saturated rings. The molecule has 1 aliphatic heterocycles. The van der Waals surface area contributed by atoms with E-state index in [9.17, 15) is 4.79 Å². The first-order valence-electron chi connectivity index (χ1n) is 8.28. The zero-order valence-corrected chi connectivity index (χ0v) is 13.7. The summed E-state index contributed by atoms with van der Waals surface area (Å²) in [5.41, 5.74) is 1.34. The van der Waals surface area contributed by atoms with E-state index < -0.39 is 0 Å². The highest BCUT2D eigenvalue weighted by atomic mass is 16.2. The summed E-state index contributed by atoms with van der Waals surface area (Å²) < 4.78 is 2.05. The summed E-state index contributed by atoms with van der Waals surface area (Å²) in [6.07, 6.45) is 11.4. The second-order valence-corrected chi connectivity index (χ2v) is 6.52. The van der Waals surface area contributed by atoms with Crippen LogP contribution >= 0.6 is 0 Å². The lowest BCUT2D eigenvalue weighted by Gasteiger charge is -2.39. The zero-order chi connectivity index (χ0) is 15.5. The quantitative estimate of drug-likeness (QED) is 0.803. The average Bonchev–Trinajstić information content (AvgIpc) is 2.94. The third-order valence-electron chi connectivity index (χ3n) is 4.92. The molecule has 1 atom stereocenters. The molecule has 0 aromatic carbocycles. The molecule has 5 heteroatoms. The number of carbonyl (C=O) groups is 1. The van der Waals surface area contributed by atoms with Gasteiger partial charge in [0.05, 0.1) is 6.04 Å². The van der Waals surface area contributed by atoms with Gasteiger partial charge in [0.25, 0.3) is 0 Å². The Kier molecular flexibility index (Phi) is 4.62. The number of rotatable bonds is 3. The lowest BCUT2D eigenvalue weighted by Crippen LogP contribution is -2.49. The lowest BCUT2D eigenvalue weighted by atomic mass is 9.96. The largest absolute Gasteiger partial charge is 0.339 e. The van der Waals surface area contributed by atoms with Gasteiger partial charge in [-0.2, -0.15) is 0 Å². The van der Waals surface area contributed by atoms with E-state index in [0.717, 1.165) is 38.3 Å². The van der Waals surface area contributed by atoms with E-state index in [-0.39, 0.29) is 11.9 Å². The Balaban J connectivity index is 1.66. The van der Waals surface area contributed by atoms with Crippen molar-refractivity contribution >= 4 is 5.91 Å². The van der Waals surface area contributed by atoms with Crippen LogP contribution in [0.3, 0.4) is 0 Å². The fourth-order valence-electron chi connectivity index (χ4n) is 3.45. The highest BCUT2D eigenvalue weighted by molar-refractivity contribution is 5.79. The van der Waals surface area contributed by atoms with Crippen LogP contribution in [0.25, 0.3) is 0 Å². The van der Waals surface area contributed by atoms with Gasteiger partial charge in [-0.25, -0.2) is 4.98 Å². The minimum atomic E-state index is 0.193.